The van der Waals surface area contributed by atoms with Crippen molar-refractivity contribution in [2.75, 3.05) is 0 Å². The molecule has 0 aromatic heterocycles. The van der Waals surface area contributed by atoms with Crippen LogP contribution in [0.15, 0.2) is 0 Å². The SMILES string of the molecule is CC1CCC(C(C)(O)C=N)CC1. The molecule has 0 aromatic carbocycles. The Hall–Kier alpha value is -0.370. The Balaban J connectivity index is 2.49. The molecule has 1 aliphatic carbocycles. The normalized spacial score (nSPS) is 35.6. The van der Waals surface area contributed by atoms with E-state index in [2.05, 4.69) is 6.92 Å². The molecule has 1 saturated carbocycles. The number of hydrogen-bond donors (Lipinski definition) is 2. The summed E-state index contributed by atoms with van der Waals surface area (Å²) in [6.45, 7) is 4.01. The predicted molar refractivity (Wildman–Crippen MR) is 50.5 cm³/mol. The topological polar surface area (TPSA) is 44.1 Å². The summed E-state index contributed by atoms with van der Waals surface area (Å²) in [5.74, 6) is 1.12. The van der Waals surface area contributed by atoms with Crippen LogP contribution in [0.3, 0.4) is 0 Å². The Morgan fingerprint density at radius 1 is 1.33 bits per heavy atom. The molecule has 2 nitrogen and oxygen atoms in total. The molecule has 2 N–H and O–H groups in total. The Kier molecular flexibility index (Phi) is 2.89. The summed E-state index contributed by atoms with van der Waals surface area (Å²) in [6.07, 6.45) is 5.74. The second kappa shape index (κ2) is 3.56. The summed E-state index contributed by atoms with van der Waals surface area (Å²) >= 11 is 0. The maximum atomic E-state index is 9.79. The van der Waals surface area contributed by atoms with Gasteiger partial charge in [-0.25, -0.2) is 0 Å². The van der Waals surface area contributed by atoms with E-state index in [1.165, 1.54) is 19.1 Å². The molecule has 0 aromatic rings. The van der Waals surface area contributed by atoms with Crippen molar-refractivity contribution in [2.45, 2.75) is 45.1 Å². The van der Waals surface area contributed by atoms with E-state index in [0.29, 0.717) is 5.92 Å². The van der Waals surface area contributed by atoms with Gasteiger partial charge in [0, 0.05) is 6.21 Å². The van der Waals surface area contributed by atoms with E-state index >= 15 is 0 Å². The zero-order valence-electron chi connectivity index (χ0n) is 8.01. The van der Waals surface area contributed by atoms with Gasteiger partial charge in [-0.15, -0.1) is 0 Å². The van der Waals surface area contributed by atoms with Gasteiger partial charge in [-0.2, -0.15) is 0 Å². The highest BCUT2D eigenvalue weighted by atomic mass is 16.3. The van der Waals surface area contributed by atoms with Crippen LogP contribution < -0.4 is 0 Å². The summed E-state index contributed by atoms with van der Waals surface area (Å²) in [5, 5.41) is 16.9. The average molecular weight is 169 g/mol. The third-order valence-corrected chi connectivity index (χ3v) is 3.13. The van der Waals surface area contributed by atoms with Crippen LogP contribution in [-0.4, -0.2) is 16.9 Å². The number of nitrogens with one attached hydrogen (secondary N) is 1. The van der Waals surface area contributed by atoms with Crippen molar-refractivity contribution >= 4 is 6.21 Å². The quantitative estimate of drug-likeness (QED) is 0.611. The molecule has 1 aliphatic rings. The van der Waals surface area contributed by atoms with Crippen molar-refractivity contribution in [1.82, 2.24) is 0 Å². The fourth-order valence-electron chi connectivity index (χ4n) is 1.96. The third-order valence-electron chi connectivity index (χ3n) is 3.13. The zero-order chi connectivity index (χ0) is 9.19. The maximum absolute atomic E-state index is 9.79. The van der Waals surface area contributed by atoms with Gasteiger partial charge >= 0.3 is 0 Å². The molecule has 12 heavy (non-hydrogen) atoms. The largest absolute Gasteiger partial charge is 0.384 e. The minimum atomic E-state index is -0.861. The van der Waals surface area contributed by atoms with E-state index in [0.717, 1.165) is 18.8 Å². The molecule has 0 aliphatic heterocycles. The predicted octanol–water partition coefficient (Wildman–Crippen LogP) is 2.21. The van der Waals surface area contributed by atoms with Crippen LogP contribution in [0, 0.1) is 17.2 Å². The Morgan fingerprint density at radius 3 is 2.25 bits per heavy atom. The summed E-state index contributed by atoms with van der Waals surface area (Å²) in [4.78, 5) is 0. The lowest BCUT2D eigenvalue weighted by Crippen LogP contribution is -2.38. The number of hydrogen-bond acceptors (Lipinski definition) is 2. The van der Waals surface area contributed by atoms with E-state index in [4.69, 9.17) is 5.41 Å². The van der Waals surface area contributed by atoms with E-state index in [1.807, 2.05) is 0 Å². The monoisotopic (exact) mass is 169 g/mol. The molecule has 2 heteroatoms. The molecule has 0 radical (unpaired) electrons. The maximum Gasteiger partial charge on any atom is 0.0990 e. The average Bonchev–Trinajstić information content (AvgIpc) is 2.05. The van der Waals surface area contributed by atoms with Crippen molar-refractivity contribution in [3.05, 3.63) is 0 Å². The Morgan fingerprint density at radius 2 is 1.83 bits per heavy atom. The molecule has 0 spiro atoms. The van der Waals surface area contributed by atoms with Crippen molar-refractivity contribution in [2.24, 2.45) is 11.8 Å². The highest BCUT2D eigenvalue weighted by Gasteiger charge is 2.32. The molecule has 0 amide bonds. The first kappa shape index (κ1) is 9.72. The van der Waals surface area contributed by atoms with Gasteiger partial charge in [0.1, 0.15) is 0 Å². The molecular formula is C10H19NO. The Labute approximate surface area is 74.5 Å². The van der Waals surface area contributed by atoms with Crippen LogP contribution in [0.4, 0.5) is 0 Å². The molecule has 0 saturated heterocycles. The summed E-state index contributed by atoms with van der Waals surface area (Å²) in [6, 6.07) is 0. The van der Waals surface area contributed by atoms with Crippen LogP contribution in [0.5, 0.6) is 0 Å². The lowest BCUT2D eigenvalue weighted by Gasteiger charge is -2.34. The van der Waals surface area contributed by atoms with Gasteiger partial charge in [0.25, 0.3) is 0 Å². The molecule has 0 bridgehead atoms. The lowest BCUT2D eigenvalue weighted by atomic mass is 9.75. The van der Waals surface area contributed by atoms with Crippen molar-refractivity contribution in [3.63, 3.8) is 0 Å². The molecule has 1 unspecified atom stereocenters. The van der Waals surface area contributed by atoms with Crippen LogP contribution in [0.2, 0.25) is 0 Å². The molecule has 1 atom stereocenters. The van der Waals surface area contributed by atoms with E-state index in [9.17, 15) is 5.11 Å². The Bertz CT molecular complexity index is 157. The first-order valence-electron chi connectivity index (χ1n) is 4.80. The van der Waals surface area contributed by atoms with Gasteiger partial charge < -0.3 is 10.5 Å². The van der Waals surface area contributed by atoms with Crippen LogP contribution >= 0.6 is 0 Å². The van der Waals surface area contributed by atoms with Crippen molar-refractivity contribution in [3.8, 4) is 0 Å². The minimum absolute atomic E-state index is 0.311. The molecule has 1 rings (SSSR count). The highest BCUT2D eigenvalue weighted by Crippen LogP contribution is 2.34. The molecular weight excluding hydrogens is 150 g/mol. The fourth-order valence-corrected chi connectivity index (χ4v) is 1.96. The second-order valence-corrected chi connectivity index (χ2v) is 4.33. The minimum Gasteiger partial charge on any atom is -0.384 e. The smallest absolute Gasteiger partial charge is 0.0990 e. The lowest BCUT2D eigenvalue weighted by molar-refractivity contribution is 0.0426. The van der Waals surface area contributed by atoms with E-state index in [1.54, 1.807) is 6.92 Å². The number of aliphatic hydroxyl groups is 1. The van der Waals surface area contributed by atoms with Gasteiger partial charge in [0.15, 0.2) is 0 Å². The molecule has 0 heterocycles. The number of rotatable bonds is 2. The first-order valence-corrected chi connectivity index (χ1v) is 4.80. The van der Waals surface area contributed by atoms with Crippen molar-refractivity contribution in [1.29, 1.82) is 5.41 Å². The summed E-state index contributed by atoms with van der Waals surface area (Å²) in [5.41, 5.74) is -0.861. The van der Waals surface area contributed by atoms with Crippen molar-refractivity contribution < 1.29 is 5.11 Å². The van der Waals surface area contributed by atoms with Crippen LogP contribution in [0.25, 0.3) is 0 Å². The highest BCUT2D eigenvalue weighted by molar-refractivity contribution is 5.64. The zero-order valence-corrected chi connectivity index (χ0v) is 8.01. The third kappa shape index (κ3) is 2.07. The van der Waals surface area contributed by atoms with Gasteiger partial charge in [-0.1, -0.05) is 19.8 Å². The molecule has 1 fully saturated rings. The van der Waals surface area contributed by atoms with Gasteiger partial charge in [-0.3, -0.25) is 0 Å². The van der Waals surface area contributed by atoms with E-state index < -0.39 is 5.60 Å². The standard InChI is InChI=1S/C10H19NO/c1-8-3-5-9(6-4-8)10(2,12)7-11/h7-9,11-12H,3-6H2,1-2H3. The van der Waals surface area contributed by atoms with Gasteiger partial charge in [0.05, 0.1) is 5.60 Å². The first-order chi connectivity index (χ1) is 5.56. The van der Waals surface area contributed by atoms with Crippen LogP contribution in [0.1, 0.15) is 39.5 Å². The molecule has 70 valence electrons. The van der Waals surface area contributed by atoms with Gasteiger partial charge in [0.2, 0.25) is 0 Å². The second-order valence-electron chi connectivity index (χ2n) is 4.33. The van der Waals surface area contributed by atoms with Gasteiger partial charge in [-0.05, 0) is 31.6 Å². The summed E-state index contributed by atoms with van der Waals surface area (Å²) in [7, 11) is 0. The fraction of sp³-hybridized carbons (Fsp3) is 0.900. The summed E-state index contributed by atoms with van der Waals surface area (Å²) < 4.78 is 0. The van der Waals surface area contributed by atoms with Crippen LogP contribution in [-0.2, 0) is 0 Å². The van der Waals surface area contributed by atoms with E-state index in [-0.39, 0.29) is 0 Å².